The van der Waals surface area contributed by atoms with Crippen LogP contribution in [0.4, 0.5) is 0 Å². The molecule has 0 unspecified atom stereocenters. The zero-order valence-electron chi connectivity index (χ0n) is 10.5. The van der Waals surface area contributed by atoms with E-state index in [0.717, 1.165) is 10.0 Å². The molecule has 0 amide bonds. The number of hydrogen-bond acceptors (Lipinski definition) is 2. The first-order valence-corrected chi connectivity index (χ1v) is 7.99. The molecule has 0 aliphatic carbocycles. The van der Waals surface area contributed by atoms with Crippen molar-refractivity contribution in [1.29, 1.82) is 0 Å². The minimum absolute atomic E-state index is 0.314. The molecule has 0 aliphatic heterocycles. The average molecular weight is 340 g/mol. The van der Waals surface area contributed by atoms with Gasteiger partial charge in [0.15, 0.2) is 0 Å². The molecule has 0 atom stereocenters. The fraction of sp³-hybridized carbons (Fsp3) is 0.143. The minimum atomic E-state index is -3.43. The predicted octanol–water partition coefficient (Wildman–Crippen LogP) is 3.27. The van der Waals surface area contributed by atoms with Crippen LogP contribution in [0.25, 0.3) is 0 Å². The minimum Gasteiger partial charge on any atom is -0.207 e. The molecule has 0 radical (unpaired) electrons. The molecule has 2 aromatic rings. The highest BCUT2D eigenvalue weighted by Crippen LogP contribution is 2.17. The van der Waals surface area contributed by atoms with Crippen LogP contribution in [0, 0.1) is 0 Å². The zero-order valence-corrected chi connectivity index (χ0v) is 12.9. The summed E-state index contributed by atoms with van der Waals surface area (Å²) in [6.45, 7) is 0.352. The third-order valence-corrected chi connectivity index (χ3v) is 5.12. The van der Waals surface area contributed by atoms with Crippen LogP contribution in [0.15, 0.2) is 64.0 Å². The molecule has 0 aliphatic rings. The lowest BCUT2D eigenvalue weighted by Crippen LogP contribution is -2.26. The predicted molar refractivity (Wildman–Crippen MR) is 79.2 cm³/mol. The summed E-state index contributed by atoms with van der Waals surface area (Å²) in [5, 5.41) is 0. The molecule has 100 valence electrons. The summed E-state index contributed by atoms with van der Waals surface area (Å²) in [4.78, 5) is 0.314. The Balaban J connectivity index is 2.20. The van der Waals surface area contributed by atoms with E-state index in [1.165, 1.54) is 4.31 Å². The Morgan fingerprint density at radius 2 is 1.58 bits per heavy atom. The van der Waals surface area contributed by atoms with Crippen LogP contribution in [0.2, 0.25) is 0 Å². The van der Waals surface area contributed by atoms with Gasteiger partial charge in [-0.25, -0.2) is 8.42 Å². The lowest BCUT2D eigenvalue weighted by atomic mass is 10.2. The van der Waals surface area contributed by atoms with Gasteiger partial charge in [-0.3, -0.25) is 0 Å². The lowest BCUT2D eigenvalue weighted by molar-refractivity contribution is 0.466. The van der Waals surface area contributed by atoms with Gasteiger partial charge in [0.1, 0.15) is 0 Å². The fourth-order valence-corrected chi connectivity index (χ4v) is 3.15. The van der Waals surface area contributed by atoms with Crippen LogP contribution in [0.1, 0.15) is 5.56 Å². The third kappa shape index (κ3) is 3.43. The van der Waals surface area contributed by atoms with Crippen molar-refractivity contribution in [2.75, 3.05) is 7.05 Å². The van der Waals surface area contributed by atoms with Gasteiger partial charge in [-0.1, -0.05) is 46.3 Å². The molecule has 0 heterocycles. The third-order valence-electron chi connectivity index (χ3n) is 2.77. The van der Waals surface area contributed by atoms with E-state index >= 15 is 0 Å². The maximum absolute atomic E-state index is 12.3. The molecule has 5 heteroatoms. The van der Waals surface area contributed by atoms with Gasteiger partial charge in [-0.2, -0.15) is 4.31 Å². The van der Waals surface area contributed by atoms with Crippen LogP contribution < -0.4 is 0 Å². The van der Waals surface area contributed by atoms with Crippen molar-refractivity contribution in [1.82, 2.24) is 4.31 Å². The first-order valence-electron chi connectivity index (χ1n) is 5.76. The lowest BCUT2D eigenvalue weighted by Gasteiger charge is -2.17. The van der Waals surface area contributed by atoms with Crippen LogP contribution in [-0.4, -0.2) is 19.8 Å². The Morgan fingerprint density at radius 3 is 2.16 bits per heavy atom. The SMILES string of the molecule is CN(Cc1ccc(Br)cc1)S(=O)(=O)c1ccccc1. The maximum Gasteiger partial charge on any atom is 0.243 e. The summed E-state index contributed by atoms with van der Waals surface area (Å²) in [7, 11) is -1.84. The van der Waals surface area contributed by atoms with Crippen LogP contribution in [0.3, 0.4) is 0 Å². The fourth-order valence-electron chi connectivity index (χ4n) is 1.70. The summed E-state index contributed by atoms with van der Waals surface area (Å²) in [5.41, 5.74) is 0.949. The summed E-state index contributed by atoms with van der Waals surface area (Å²) in [6, 6.07) is 16.1. The molecule has 0 bridgehead atoms. The molecule has 0 spiro atoms. The Kier molecular flexibility index (Phi) is 4.39. The average Bonchev–Trinajstić information content (AvgIpc) is 2.42. The van der Waals surface area contributed by atoms with Crippen LogP contribution in [-0.2, 0) is 16.6 Å². The highest BCUT2D eigenvalue weighted by atomic mass is 79.9. The first kappa shape index (κ1) is 14.2. The molecule has 3 nitrogen and oxygen atoms in total. The summed E-state index contributed by atoms with van der Waals surface area (Å²) in [6.07, 6.45) is 0. The Labute approximate surface area is 122 Å². The van der Waals surface area contributed by atoms with Gasteiger partial charge in [-0.15, -0.1) is 0 Å². The molecule has 2 rings (SSSR count). The number of rotatable bonds is 4. The van der Waals surface area contributed by atoms with Crippen LogP contribution >= 0.6 is 15.9 Å². The van der Waals surface area contributed by atoms with E-state index in [9.17, 15) is 8.42 Å². The Bertz CT molecular complexity index is 639. The molecule has 0 aromatic heterocycles. The van der Waals surface area contributed by atoms with E-state index < -0.39 is 10.0 Å². The van der Waals surface area contributed by atoms with E-state index in [1.54, 1.807) is 37.4 Å². The van der Waals surface area contributed by atoms with Gasteiger partial charge < -0.3 is 0 Å². The van der Waals surface area contributed by atoms with Gasteiger partial charge in [0.05, 0.1) is 4.90 Å². The van der Waals surface area contributed by atoms with Crippen molar-refractivity contribution in [2.45, 2.75) is 11.4 Å². The zero-order chi connectivity index (χ0) is 13.9. The van der Waals surface area contributed by atoms with Crippen molar-refractivity contribution in [2.24, 2.45) is 0 Å². The number of halogens is 1. The summed E-state index contributed by atoms with van der Waals surface area (Å²) in [5.74, 6) is 0. The highest BCUT2D eigenvalue weighted by Gasteiger charge is 2.20. The molecule has 2 aromatic carbocycles. The second-order valence-corrected chi connectivity index (χ2v) is 7.16. The molecule has 19 heavy (non-hydrogen) atoms. The van der Waals surface area contributed by atoms with Gasteiger partial charge in [0.2, 0.25) is 10.0 Å². The van der Waals surface area contributed by atoms with Gasteiger partial charge in [0, 0.05) is 18.1 Å². The van der Waals surface area contributed by atoms with Crippen molar-refractivity contribution in [3.63, 3.8) is 0 Å². The first-order chi connectivity index (χ1) is 9.00. The monoisotopic (exact) mass is 339 g/mol. The molecule has 0 N–H and O–H groups in total. The molecule has 0 fully saturated rings. The van der Waals surface area contributed by atoms with Gasteiger partial charge >= 0.3 is 0 Å². The summed E-state index contributed by atoms with van der Waals surface area (Å²) >= 11 is 3.36. The molecular formula is C14H14BrNO2S. The maximum atomic E-state index is 12.3. The number of nitrogens with zero attached hydrogens (tertiary/aromatic N) is 1. The van der Waals surface area contributed by atoms with Gasteiger partial charge in [-0.05, 0) is 29.8 Å². The highest BCUT2D eigenvalue weighted by molar-refractivity contribution is 9.10. The molecule has 0 saturated carbocycles. The van der Waals surface area contributed by atoms with E-state index in [-0.39, 0.29) is 0 Å². The normalized spacial score (nSPS) is 11.7. The van der Waals surface area contributed by atoms with Crippen molar-refractivity contribution in [3.05, 3.63) is 64.6 Å². The second kappa shape index (κ2) is 5.86. The largest absolute Gasteiger partial charge is 0.243 e. The Hall–Kier alpha value is -1.17. The second-order valence-electron chi connectivity index (χ2n) is 4.20. The topological polar surface area (TPSA) is 37.4 Å². The smallest absolute Gasteiger partial charge is 0.207 e. The van der Waals surface area contributed by atoms with Crippen molar-refractivity contribution < 1.29 is 8.42 Å². The Morgan fingerprint density at radius 1 is 1.00 bits per heavy atom. The number of sulfonamides is 1. The van der Waals surface area contributed by atoms with E-state index in [4.69, 9.17) is 0 Å². The van der Waals surface area contributed by atoms with Crippen LogP contribution in [0.5, 0.6) is 0 Å². The molecular weight excluding hydrogens is 326 g/mol. The molecule has 0 saturated heterocycles. The van der Waals surface area contributed by atoms with E-state index in [0.29, 0.717) is 11.4 Å². The quantitative estimate of drug-likeness (QED) is 0.857. The van der Waals surface area contributed by atoms with Crippen molar-refractivity contribution >= 4 is 26.0 Å². The van der Waals surface area contributed by atoms with E-state index in [2.05, 4.69) is 15.9 Å². The summed E-state index contributed by atoms with van der Waals surface area (Å²) < 4.78 is 27.0. The standard InChI is InChI=1S/C14H14BrNO2S/c1-16(11-12-7-9-13(15)10-8-12)19(17,18)14-5-3-2-4-6-14/h2-10H,11H2,1H3. The number of benzene rings is 2. The number of hydrogen-bond donors (Lipinski definition) is 0. The van der Waals surface area contributed by atoms with Crippen molar-refractivity contribution in [3.8, 4) is 0 Å². The van der Waals surface area contributed by atoms with E-state index in [1.807, 2.05) is 24.3 Å². The van der Waals surface area contributed by atoms with Gasteiger partial charge in [0.25, 0.3) is 0 Å².